The number of rotatable bonds is 6. The molecule has 0 aliphatic heterocycles. The summed E-state index contributed by atoms with van der Waals surface area (Å²) in [4.78, 5) is -0.369. The van der Waals surface area contributed by atoms with E-state index in [-0.39, 0.29) is 16.8 Å². The summed E-state index contributed by atoms with van der Waals surface area (Å²) in [6, 6.07) is 3.80. The van der Waals surface area contributed by atoms with E-state index in [0.29, 0.717) is 10.9 Å². The summed E-state index contributed by atoms with van der Waals surface area (Å²) in [7, 11) is -3.85. The Kier molecular flexibility index (Phi) is 6.04. The highest BCUT2D eigenvalue weighted by Gasteiger charge is 2.19. The van der Waals surface area contributed by atoms with Crippen molar-refractivity contribution in [2.45, 2.75) is 30.0 Å². The molecule has 102 valence electrons. The minimum absolute atomic E-state index is 0.0905. The van der Waals surface area contributed by atoms with E-state index in [1.54, 1.807) is 0 Å². The molecular weight excluding hydrogens is 345 g/mol. The average Bonchev–Trinajstić information content (AvgIpc) is 2.26. The predicted molar refractivity (Wildman–Crippen MR) is 73.8 cm³/mol. The van der Waals surface area contributed by atoms with Crippen LogP contribution in [0.3, 0.4) is 0 Å². The topological polar surface area (TPSA) is 46.2 Å². The zero-order valence-electron chi connectivity index (χ0n) is 9.79. The maximum atomic E-state index is 13.5. The van der Waals surface area contributed by atoms with Crippen molar-refractivity contribution in [3.8, 4) is 0 Å². The summed E-state index contributed by atoms with van der Waals surface area (Å²) in [6.45, 7) is 2.05. The fourth-order valence-electron chi connectivity index (χ4n) is 1.39. The number of hydrogen-bond acceptors (Lipinski definition) is 2. The molecule has 1 atom stereocenters. The highest BCUT2D eigenvalue weighted by Crippen LogP contribution is 2.19. The molecule has 0 saturated carbocycles. The lowest BCUT2D eigenvalue weighted by molar-refractivity contribution is 0.554. The predicted octanol–water partition coefficient (Wildman–Crippen LogP) is 3.27. The van der Waals surface area contributed by atoms with E-state index in [1.807, 2.05) is 6.92 Å². The number of sulfonamides is 1. The zero-order valence-corrected chi connectivity index (χ0v) is 12.9. The smallest absolute Gasteiger partial charge is 0.210 e. The van der Waals surface area contributed by atoms with E-state index in [0.717, 1.165) is 12.5 Å². The molecule has 0 amide bonds. The second-order valence-corrected chi connectivity index (χ2v) is 7.08. The van der Waals surface area contributed by atoms with Crippen molar-refractivity contribution in [3.63, 3.8) is 0 Å². The van der Waals surface area contributed by atoms with Gasteiger partial charge in [0.05, 0.1) is 0 Å². The van der Waals surface area contributed by atoms with Crippen LogP contribution in [0, 0.1) is 5.82 Å². The molecule has 0 bridgehead atoms. The largest absolute Gasteiger partial charge is 0.243 e. The summed E-state index contributed by atoms with van der Waals surface area (Å²) in [5.41, 5.74) is 0. The lowest BCUT2D eigenvalue weighted by Crippen LogP contribution is -2.30. The van der Waals surface area contributed by atoms with Crippen LogP contribution < -0.4 is 4.72 Å². The third-order valence-electron chi connectivity index (χ3n) is 2.28. The standard InChI is InChI=1S/C11H14BrClFNO2S/c1-2-3-9(13)7-15-18(16,17)11-5-4-8(12)6-10(11)14/h4-6,9,15H,2-3,7H2,1H3. The van der Waals surface area contributed by atoms with E-state index < -0.39 is 15.8 Å². The number of nitrogens with one attached hydrogen (secondary N) is 1. The van der Waals surface area contributed by atoms with Crippen LogP contribution in [0.4, 0.5) is 4.39 Å². The maximum absolute atomic E-state index is 13.5. The van der Waals surface area contributed by atoms with Crippen LogP contribution in [-0.4, -0.2) is 20.3 Å². The van der Waals surface area contributed by atoms with Gasteiger partial charge in [-0.25, -0.2) is 17.5 Å². The van der Waals surface area contributed by atoms with Crippen molar-refractivity contribution >= 4 is 37.6 Å². The van der Waals surface area contributed by atoms with Gasteiger partial charge in [0.2, 0.25) is 10.0 Å². The number of halogens is 3. The molecule has 0 heterocycles. The minimum atomic E-state index is -3.85. The Morgan fingerprint density at radius 3 is 2.72 bits per heavy atom. The van der Waals surface area contributed by atoms with Crippen molar-refractivity contribution in [3.05, 3.63) is 28.5 Å². The first-order valence-electron chi connectivity index (χ1n) is 5.45. The Balaban J connectivity index is 2.80. The van der Waals surface area contributed by atoms with Crippen LogP contribution in [0.2, 0.25) is 0 Å². The first-order chi connectivity index (χ1) is 8.36. The van der Waals surface area contributed by atoms with Gasteiger partial charge in [-0.2, -0.15) is 0 Å². The molecule has 0 aromatic heterocycles. The van der Waals surface area contributed by atoms with Crippen molar-refractivity contribution in [2.24, 2.45) is 0 Å². The van der Waals surface area contributed by atoms with Gasteiger partial charge in [0.1, 0.15) is 10.7 Å². The molecule has 1 N–H and O–H groups in total. The van der Waals surface area contributed by atoms with Gasteiger partial charge in [0, 0.05) is 16.4 Å². The van der Waals surface area contributed by atoms with Crippen molar-refractivity contribution in [2.75, 3.05) is 6.54 Å². The Morgan fingerprint density at radius 1 is 1.50 bits per heavy atom. The molecule has 0 spiro atoms. The van der Waals surface area contributed by atoms with Gasteiger partial charge in [0.25, 0.3) is 0 Å². The third kappa shape index (κ3) is 4.50. The molecule has 1 rings (SSSR count). The monoisotopic (exact) mass is 357 g/mol. The molecule has 3 nitrogen and oxygen atoms in total. The van der Waals surface area contributed by atoms with Crippen molar-refractivity contribution in [1.29, 1.82) is 0 Å². The van der Waals surface area contributed by atoms with E-state index in [9.17, 15) is 12.8 Å². The first kappa shape index (κ1) is 15.9. The van der Waals surface area contributed by atoms with Gasteiger partial charge < -0.3 is 0 Å². The summed E-state index contributed by atoms with van der Waals surface area (Å²) in [5.74, 6) is -0.793. The van der Waals surface area contributed by atoms with Crippen LogP contribution in [0.5, 0.6) is 0 Å². The first-order valence-corrected chi connectivity index (χ1v) is 8.17. The lowest BCUT2D eigenvalue weighted by Gasteiger charge is -2.11. The van der Waals surface area contributed by atoms with Crippen LogP contribution in [0.1, 0.15) is 19.8 Å². The van der Waals surface area contributed by atoms with Crippen LogP contribution in [-0.2, 0) is 10.0 Å². The molecule has 18 heavy (non-hydrogen) atoms. The minimum Gasteiger partial charge on any atom is -0.210 e. The van der Waals surface area contributed by atoms with E-state index in [2.05, 4.69) is 20.7 Å². The Morgan fingerprint density at radius 2 is 2.17 bits per heavy atom. The number of hydrogen-bond donors (Lipinski definition) is 1. The number of benzene rings is 1. The average molecular weight is 359 g/mol. The highest BCUT2D eigenvalue weighted by atomic mass is 79.9. The normalized spacial score (nSPS) is 13.6. The molecule has 0 fully saturated rings. The van der Waals surface area contributed by atoms with E-state index in [1.165, 1.54) is 12.1 Å². The summed E-state index contributed by atoms with van der Waals surface area (Å²) >= 11 is 8.98. The molecule has 1 unspecified atom stereocenters. The Bertz CT molecular complexity index is 510. The lowest BCUT2D eigenvalue weighted by atomic mass is 10.2. The van der Waals surface area contributed by atoms with Gasteiger partial charge in [0.15, 0.2) is 0 Å². The molecule has 0 aliphatic carbocycles. The molecule has 1 aromatic carbocycles. The van der Waals surface area contributed by atoms with Crippen LogP contribution in [0.25, 0.3) is 0 Å². The zero-order chi connectivity index (χ0) is 13.8. The van der Waals surface area contributed by atoms with Crippen LogP contribution >= 0.6 is 27.5 Å². The molecule has 7 heteroatoms. The molecular formula is C11H14BrClFNO2S. The fourth-order valence-corrected chi connectivity index (χ4v) is 3.25. The molecule has 0 saturated heterocycles. The van der Waals surface area contributed by atoms with E-state index in [4.69, 9.17) is 11.6 Å². The molecule has 0 radical (unpaired) electrons. The fraction of sp³-hybridized carbons (Fsp3) is 0.455. The van der Waals surface area contributed by atoms with E-state index >= 15 is 0 Å². The van der Waals surface area contributed by atoms with Crippen LogP contribution in [0.15, 0.2) is 27.6 Å². The quantitative estimate of drug-likeness (QED) is 0.793. The Hall–Kier alpha value is -0.170. The molecule has 1 aromatic rings. The second kappa shape index (κ2) is 6.84. The van der Waals surface area contributed by atoms with Gasteiger partial charge in [-0.3, -0.25) is 0 Å². The second-order valence-electron chi connectivity index (χ2n) is 3.81. The Labute approximate surface area is 120 Å². The summed E-state index contributed by atoms with van der Waals surface area (Å²) in [5, 5.41) is -0.289. The highest BCUT2D eigenvalue weighted by molar-refractivity contribution is 9.10. The van der Waals surface area contributed by atoms with Gasteiger partial charge in [-0.05, 0) is 24.6 Å². The third-order valence-corrected chi connectivity index (χ3v) is 4.60. The van der Waals surface area contributed by atoms with Gasteiger partial charge in [-0.15, -0.1) is 11.6 Å². The molecule has 0 aliphatic rings. The van der Waals surface area contributed by atoms with Crippen molar-refractivity contribution in [1.82, 2.24) is 4.72 Å². The van der Waals surface area contributed by atoms with Crippen molar-refractivity contribution < 1.29 is 12.8 Å². The summed E-state index contributed by atoms with van der Waals surface area (Å²) in [6.07, 6.45) is 1.56. The summed E-state index contributed by atoms with van der Waals surface area (Å²) < 4.78 is 40.0. The van der Waals surface area contributed by atoms with Gasteiger partial charge >= 0.3 is 0 Å². The maximum Gasteiger partial charge on any atom is 0.243 e. The number of alkyl halides is 1. The van der Waals surface area contributed by atoms with Gasteiger partial charge in [-0.1, -0.05) is 29.3 Å². The SMILES string of the molecule is CCCC(Cl)CNS(=O)(=O)c1ccc(Br)cc1F.